The predicted molar refractivity (Wildman–Crippen MR) is 44.5 cm³/mol. The maximum absolute atomic E-state index is 9.00. The second kappa shape index (κ2) is 12.1. The zero-order valence-corrected chi connectivity index (χ0v) is 7.34. The highest BCUT2D eigenvalue weighted by atomic mass is 16.4. The SMILES string of the molecule is CC(=O)O.CCCCCCO. The van der Waals surface area contributed by atoms with Gasteiger partial charge in [-0.05, 0) is 6.42 Å². The van der Waals surface area contributed by atoms with Crippen molar-refractivity contribution in [3.05, 3.63) is 0 Å². The molecule has 0 saturated heterocycles. The van der Waals surface area contributed by atoms with Gasteiger partial charge in [0.05, 0.1) is 0 Å². The zero-order chi connectivity index (χ0) is 9.11. The number of rotatable bonds is 4. The van der Waals surface area contributed by atoms with E-state index in [1.165, 1.54) is 19.3 Å². The summed E-state index contributed by atoms with van der Waals surface area (Å²) in [6, 6.07) is 0. The average molecular weight is 162 g/mol. The van der Waals surface area contributed by atoms with Crippen molar-refractivity contribution in [2.75, 3.05) is 6.61 Å². The summed E-state index contributed by atoms with van der Waals surface area (Å²) in [5.41, 5.74) is 0. The van der Waals surface area contributed by atoms with Crippen LogP contribution >= 0.6 is 0 Å². The maximum atomic E-state index is 9.00. The van der Waals surface area contributed by atoms with Crippen LogP contribution in [0.3, 0.4) is 0 Å². The Kier molecular flexibility index (Phi) is 14.4. The standard InChI is InChI=1S/C6H14O.C2H4O2/c1-2-3-4-5-6-7;1-2(3)4/h7H,2-6H2,1H3;1H3,(H,3,4). The van der Waals surface area contributed by atoms with Crippen LogP contribution < -0.4 is 0 Å². The van der Waals surface area contributed by atoms with Crippen molar-refractivity contribution < 1.29 is 15.0 Å². The molecule has 0 aliphatic rings. The van der Waals surface area contributed by atoms with Gasteiger partial charge in [-0.25, -0.2) is 0 Å². The van der Waals surface area contributed by atoms with Gasteiger partial charge in [-0.1, -0.05) is 26.2 Å². The van der Waals surface area contributed by atoms with E-state index in [1.54, 1.807) is 0 Å². The molecule has 0 heterocycles. The summed E-state index contributed by atoms with van der Waals surface area (Å²) < 4.78 is 0. The first kappa shape index (κ1) is 13.1. The van der Waals surface area contributed by atoms with Gasteiger partial charge in [0, 0.05) is 13.5 Å². The van der Waals surface area contributed by atoms with E-state index in [4.69, 9.17) is 15.0 Å². The molecule has 0 aliphatic carbocycles. The Morgan fingerprint density at radius 3 is 2.00 bits per heavy atom. The normalized spacial score (nSPS) is 8.27. The lowest BCUT2D eigenvalue weighted by Crippen LogP contribution is -1.80. The quantitative estimate of drug-likeness (QED) is 0.618. The summed E-state index contributed by atoms with van der Waals surface area (Å²) in [5.74, 6) is -0.833. The van der Waals surface area contributed by atoms with Crippen LogP contribution in [0.25, 0.3) is 0 Å². The Morgan fingerprint density at radius 1 is 1.27 bits per heavy atom. The molecule has 2 N–H and O–H groups in total. The Labute approximate surface area is 68.0 Å². The van der Waals surface area contributed by atoms with Crippen molar-refractivity contribution in [2.24, 2.45) is 0 Å². The molecule has 68 valence electrons. The lowest BCUT2D eigenvalue weighted by atomic mass is 10.2. The van der Waals surface area contributed by atoms with Crippen LogP contribution in [0.15, 0.2) is 0 Å². The molecule has 0 spiro atoms. The smallest absolute Gasteiger partial charge is 0.300 e. The molecule has 0 aliphatic heterocycles. The van der Waals surface area contributed by atoms with Crippen molar-refractivity contribution in [1.29, 1.82) is 0 Å². The van der Waals surface area contributed by atoms with Crippen molar-refractivity contribution in [3.63, 3.8) is 0 Å². The summed E-state index contributed by atoms with van der Waals surface area (Å²) in [6.45, 7) is 3.61. The molecule has 0 amide bonds. The number of hydrogen-bond acceptors (Lipinski definition) is 2. The van der Waals surface area contributed by atoms with Gasteiger partial charge in [0.25, 0.3) is 5.97 Å². The third kappa shape index (κ3) is 44.2. The number of unbranched alkanes of at least 4 members (excludes halogenated alkanes) is 3. The first-order valence-electron chi connectivity index (χ1n) is 3.95. The topological polar surface area (TPSA) is 57.5 Å². The molecule has 0 atom stereocenters. The monoisotopic (exact) mass is 162 g/mol. The molecule has 0 unspecified atom stereocenters. The maximum Gasteiger partial charge on any atom is 0.300 e. The number of hydrogen-bond donors (Lipinski definition) is 2. The fraction of sp³-hybridized carbons (Fsp3) is 0.875. The molecule has 0 fully saturated rings. The second-order valence-electron chi connectivity index (χ2n) is 2.30. The minimum absolute atomic E-state index is 0.361. The molecule has 11 heavy (non-hydrogen) atoms. The number of aliphatic hydroxyl groups excluding tert-OH is 1. The van der Waals surface area contributed by atoms with Gasteiger partial charge < -0.3 is 10.2 Å². The molecule has 0 aromatic carbocycles. The summed E-state index contributed by atoms with van der Waals surface area (Å²) in [5, 5.41) is 15.7. The van der Waals surface area contributed by atoms with Gasteiger partial charge >= 0.3 is 0 Å². The molecule has 0 saturated carbocycles. The molecule has 0 bridgehead atoms. The molecule has 0 radical (unpaired) electrons. The van der Waals surface area contributed by atoms with Gasteiger partial charge in [-0.2, -0.15) is 0 Å². The van der Waals surface area contributed by atoms with E-state index >= 15 is 0 Å². The van der Waals surface area contributed by atoms with E-state index in [-0.39, 0.29) is 0 Å². The first-order valence-corrected chi connectivity index (χ1v) is 3.95. The van der Waals surface area contributed by atoms with Crippen molar-refractivity contribution in [1.82, 2.24) is 0 Å². The van der Waals surface area contributed by atoms with Crippen LogP contribution in [0.2, 0.25) is 0 Å². The average Bonchev–Trinajstić information content (AvgIpc) is 1.88. The van der Waals surface area contributed by atoms with Crippen molar-refractivity contribution in [3.8, 4) is 0 Å². The number of aliphatic carboxylic acids is 1. The Balaban J connectivity index is 0. The Hall–Kier alpha value is -0.570. The summed E-state index contributed by atoms with van der Waals surface area (Å²) in [6.07, 6.45) is 4.68. The van der Waals surface area contributed by atoms with E-state index in [2.05, 4.69) is 6.92 Å². The van der Waals surface area contributed by atoms with Gasteiger partial charge in [-0.15, -0.1) is 0 Å². The van der Waals surface area contributed by atoms with Crippen LogP contribution in [0.1, 0.15) is 39.5 Å². The highest BCUT2D eigenvalue weighted by Crippen LogP contribution is 1.95. The van der Waals surface area contributed by atoms with Crippen LogP contribution in [0, 0.1) is 0 Å². The predicted octanol–water partition coefficient (Wildman–Crippen LogP) is 1.65. The fourth-order valence-corrected chi connectivity index (χ4v) is 0.539. The third-order valence-electron chi connectivity index (χ3n) is 1.01. The fourth-order valence-electron chi connectivity index (χ4n) is 0.539. The van der Waals surface area contributed by atoms with Crippen molar-refractivity contribution >= 4 is 5.97 Å². The van der Waals surface area contributed by atoms with E-state index in [9.17, 15) is 0 Å². The Morgan fingerprint density at radius 2 is 1.73 bits per heavy atom. The van der Waals surface area contributed by atoms with Crippen LogP contribution in [-0.4, -0.2) is 22.8 Å². The van der Waals surface area contributed by atoms with Gasteiger partial charge in [0.2, 0.25) is 0 Å². The second-order valence-corrected chi connectivity index (χ2v) is 2.30. The van der Waals surface area contributed by atoms with Crippen LogP contribution in [0.4, 0.5) is 0 Å². The van der Waals surface area contributed by atoms with Crippen LogP contribution in [0.5, 0.6) is 0 Å². The summed E-state index contributed by atoms with van der Waals surface area (Å²) >= 11 is 0. The number of carboxylic acids is 1. The number of aliphatic hydroxyl groups is 1. The van der Waals surface area contributed by atoms with E-state index in [0.29, 0.717) is 6.61 Å². The summed E-state index contributed by atoms with van der Waals surface area (Å²) in [7, 11) is 0. The molecule has 3 nitrogen and oxygen atoms in total. The Bertz CT molecular complexity index is 73.4. The van der Waals surface area contributed by atoms with E-state index < -0.39 is 5.97 Å². The molecule has 0 rings (SSSR count). The summed E-state index contributed by atoms with van der Waals surface area (Å²) in [4.78, 5) is 9.00. The van der Waals surface area contributed by atoms with E-state index in [1.807, 2.05) is 0 Å². The molecule has 0 aromatic rings. The third-order valence-corrected chi connectivity index (χ3v) is 1.01. The molecular formula is C8H18O3. The largest absolute Gasteiger partial charge is 0.481 e. The minimum atomic E-state index is -0.833. The zero-order valence-electron chi connectivity index (χ0n) is 7.34. The van der Waals surface area contributed by atoms with Gasteiger partial charge in [0.1, 0.15) is 0 Å². The lowest BCUT2D eigenvalue weighted by molar-refractivity contribution is -0.134. The van der Waals surface area contributed by atoms with Gasteiger partial charge in [-0.3, -0.25) is 4.79 Å². The molecule has 0 aromatic heterocycles. The number of carboxylic acid groups (broad SMARTS) is 1. The highest BCUT2D eigenvalue weighted by molar-refractivity contribution is 5.62. The van der Waals surface area contributed by atoms with Gasteiger partial charge in [0.15, 0.2) is 0 Å². The molecular weight excluding hydrogens is 144 g/mol. The lowest BCUT2D eigenvalue weighted by Gasteiger charge is -1.90. The molecule has 3 heteroatoms. The highest BCUT2D eigenvalue weighted by Gasteiger charge is 1.80. The van der Waals surface area contributed by atoms with E-state index in [0.717, 1.165) is 13.3 Å². The van der Waals surface area contributed by atoms with Crippen molar-refractivity contribution in [2.45, 2.75) is 39.5 Å². The minimum Gasteiger partial charge on any atom is -0.481 e. The number of carbonyl (C=O) groups is 1. The van der Waals surface area contributed by atoms with Crippen LogP contribution in [-0.2, 0) is 4.79 Å². The first-order chi connectivity index (χ1) is 5.15.